The Kier molecular flexibility index (Phi) is 3.95. The predicted octanol–water partition coefficient (Wildman–Crippen LogP) is 3.66. The van der Waals surface area contributed by atoms with E-state index >= 15 is 0 Å². The first-order chi connectivity index (χ1) is 10.3. The van der Waals surface area contributed by atoms with Gasteiger partial charge in [0.25, 0.3) is 0 Å². The molecule has 1 aliphatic heterocycles. The maximum Gasteiger partial charge on any atom is 0.213 e. The molecule has 1 N–H and O–H groups in total. The van der Waals surface area contributed by atoms with Crippen molar-refractivity contribution in [3.8, 4) is 11.6 Å². The molecular weight excluding hydrogens is 264 g/mol. The predicted molar refractivity (Wildman–Crippen MR) is 82.9 cm³/mol. The molecule has 2 aromatic rings. The highest BCUT2D eigenvalue weighted by Gasteiger charge is 2.27. The summed E-state index contributed by atoms with van der Waals surface area (Å²) in [5, 5.41) is 3.56. The topological polar surface area (TPSA) is 43.4 Å². The third kappa shape index (κ3) is 2.94. The van der Waals surface area contributed by atoms with Crippen LogP contribution in [0.15, 0.2) is 42.6 Å². The fourth-order valence-electron chi connectivity index (χ4n) is 2.59. The quantitative estimate of drug-likeness (QED) is 0.930. The molecule has 0 bridgehead atoms. The molecule has 0 aliphatic carbocycles. The summed E-state index contributed by atoms with van der Waals surface area (Å²) in [7, 11) is 0. The zero-order valence-corrected chi connectivity index (χ0v) is 12.4. The molecule has 0 amide bonds. The van der Waals surface area contributed by atoms with Crippen molar-refractivity contribution < 1.29 is 9.47 Å². The van der Waals surface area contributed by atoms with Crippen LogP contribution in [0.3, 0.4) is 0 Å². The Morgan fingerprint density at radius 3 is 2.90 bits per heavy atom. The fourth-order valence-corrected chi connectivity index (χ4v) is 2.59. The number of nitrogens with one attached hydrogen (secondary N) is 1. The van der Waals surface area contributed by atoms with E-state index in [2.05, 4.69) is 23.3 Å². The average molecular weight is 284 g/mol. The van der Waals surface area contributed by atoms with E-state index in [0.717, 1.165) is 18.0 Å². The van der Waals surface area contributed by atoms with Gasteiger partial charge in [0, 0.05) is 17.5 Å². The number of fused-ring (bicyclic) bond motifs is 1. The minimum absolute atomic E-state index is 0.231. The minimum Gasteiger partial charge on any atom is -0.493 e. The van der Waals surface area contributed by atoms with Crippen molar-refractivity contribution in [2.75, 3.05) is 18.5 Å². The Balaban J connectivity index is 1.80. The molecule has 0 radical (unpaired) electrons. The van der Waals surface area contributed by atoms with E-state index < -0.39 is 0 Å². The summed E-state index contributed by atoms with van der Waals surface area (Å²) in [5.41, 5.74) is 2.19. The second kappa shape index (κ2) is 6.04. The summed E-state index contributed by atoms with van der Waals surface area (Å²) in [6.07, 6.45) is 1.82. The molecule has 2 atom stereocenters. The van der Waals surface area contributed by atoms with Crippen LogP contribution in [0, 0.1) is 5.92 Å². The third-order valence-corrected chi connectivity index (χ3v) is 3.68. The van der Waals surface area contributed by atoms with E-state index in [1.807, 2.05) is 43.5 Å². The number of hydrogen-bond acceptors (Lipinski definition) is 4. The molecule has 3 rings (SSSR count). The smallest absolute Gasteiger partial charge is 0.213 e. The molecular formula is C17H20N2O2. The molecule has 1 aliphatic rings. The normalized spacial score (nSPS) is 20.3. The third-order valence-electron chi connectivity index (χ3n) is 3.68. The molecule has 4 nitrogen and oxygen atoms in total. The highest BCUT2D eigenvalue weighted by molar-refractivity contribution is 5.48. The van der Waals surface area contributed by atoms with Gasteiger partial charge in [-0.3, -0.25) is 0 Å². The van der Waals surface area contributed by atoms with E-state index in [1.54, 1.807) is 0 Å². The number of pyridine rings is 1. The van der Waals surface area contributed by atoms with E-state index in [0.29, 0.717) is 18.4 Å². The molecule has 4 heteroatoms. The van der Waals surface area contributed by atoms with Gasteiger partial charge in [0.2, 0.25) is 5.88 Å². The van der Waals surface area contributed by atoms with Crippen molar-refractivity contribution in [3.05, 3.63) is 48.2 Å². The number of rotatable bonds is 4. The molecule has 1 aromatic heterocycles. The lowest BCUT2D eigenvalue weighted by Crippen LogP contribution is -2.28. The van der Waals surface area contributed by atoms with E-state index in [1.165, 1.54) is 5.56 Å². The number of benzene rings is 1. The van der Waals surface area contributed by atoms with Gasteiger partial charge in [0.05, 0.1) is 31.1 Å². The van der Waals surface area contributed by atoms with Crippen LogP contribution in [-0.4, -0.2) is 18.2 Å². The first-order valence-corrected chi connectivity index (χ1v) is 7.35. The fraction of sp³-hybridized carbons (Fsp3) is 0.353. The van der Waals surface area contributed by atoms with Gasteiger partial charge in [-0.25, -0.2) is 4.98 Å². The summed E-state index contributed by atoms with van der Waals surface area (Å²) < 4.78 is 11.1. The van der Waals surface area contributed by atoms with E-state index in [4.69, 9.17) is 9.47 Å². The number of nitrogens with zero attached hydrogens (tertiary/aromatic N) is 1. The molecule has 2 heterocycles. The number of para-hydroxylation sites is 1. The van der Waals surface area contributed by atoms with Crippen LogP contribution in [0.25, 0.3) is 0 Å². The van der Waals surface area contributed by atoms with Crippen molar-refractivity contribution in [1.82, 2.24) is 4.98 Å². The largest absolute Gasteiger partial charge is 0.493 e. The molecule has 0 saturated heterocycles. The van der Waals surface area contributed by atoms with Gasteiger partial charge >= 0.3 is 0 Å². The minimum atomic E-state index is 0.231. The van der Waals surface area contributed by atoms with E-state index in [9.17, 15) is 0 Å². The van der Waals surface area contributed by atoms with Gasteiger partial charge in [-0.05, 0) is 19.1 Å². The van der Waals surface area contributed by atoms with Crippen LogP contribution < -0.4 is 14.8 Å². The Labute approximate surface area is 125 Å². The van der Waals surface area contributed by atoms with Gasteiger partial charge in [0.1, 0.15) is 5.75 Å². The van der Waals surface area contributed by atoms with Crippen LogP contribution in [0.2, 0.25) is 0 Å². The molecule has 2 unspecified atom stereocenters. The summed E-state index contributed by atoms with van der Waals surface area (Å²) in [6, 6.07) is 12.3. The standard InChI is InChI=1S/C17H20N2O2/c1-3-20-16-9-8-13(10-18-16)19-17-12(2)11-21-15-7-5-4-6-14(15)17/h4-10,12,17,19H,3,11H2,1-2H3. The van der Waals surface area contributed by atoms with Crippen molar-refractivity contribution in [2.24, 2.45) is 5.92 Å². The number of anilines is 1. The van der Waals surface area contributed by atoms with Gasteiger partial charge in [0.15, 0.2) is 0 Å². The average Bonchev–Trinajstić information content (AvgIpc) is 2.52. The lowest BCUT2D eigenvalue weighted by atomic mass is 9.92. The van der Waals surface area contributed by atoms with Gasteiger partial charge in [-0.15, -0.1) is 0 Å². The highest BCUT2D eigenvalue weighted by atomic mass is 16.5. The second-order valence-electron chi connectivity index (χ2n) is 5.27. The first-order valence-electron chi connectivity index (χ1n) is 7.35. The van der Waals surface area contributed by atoms with E-state index in [-0.39, 0.29) is 6.04 Å². The van der Waals surface area contributed by atoms with Crippen LogP contribution in [0.4, 0.5) is 5.69 Å². The number of ether oxygens (including phenoxy) is 2. The Bertz CT molecular complexity index is 598. The van der Waals surface area contributed by atoms with Crippen molar-refractivity contribution in [3.63, 3.8) is 0 Å². The highest BCUT2D eigenvalue weighted by Crippen LogP contribution is 2.37. The maximum atomic E-state index is 5.78. The molecule has 0 spiro atoms. The van der Waals surface area contributed by atoms with Crippen molar-refractivity contribution in [1.29, 1.82) is 0 Å². The SMILES string of the molecule is CCOc1ccc(NC2c3ccccc3OCC2C)cn1. The molecule has 1 aromatic carbocycles. The van der Waals surface area contributed by atoms with Crippen molar-refractivity contribution >= 4 is 5.69 Å². The Morgan fingerprint density at radius 2 is 2.14 bits per heavy atom. The first kappa shape index (κ1) is 13.7. The maximum absolute atomic E-state index is 5.78. The van der Waals surface area contributed by atoms with Gasteiger partial charge in [-0.2, -0.15) is 0 Å². The van der Waals surface area contributed by atoms with Crippen molar-refractivity contribution in [2.45, 2.75) is 19.9 Å². The molecule has 0 fully saturated rings. The lowest BCUT2D eigenvalue weighted by molar-refractivity contribution is 0.214. The molecule has 21 heavy (non-hydrogen) atoms. The van der Waals surface area contributed by atoms with Gasteiger partial charge < -0.3 is 14.8 Å². The summed E-state index contributed by atoms with van der Waals surface area (Å²) in [6.45, 7) is 5.49. The summed E-state index contributed by atoms with van der Waals surface area (Å²) in [4.78, 5) is 4.30. The monoisotopic (exact) mass is 284 g/mol. The van der Waals surface area contributed by atoms with Crippen LogP contribution in [0.5, 0.6) is 11.6 Å². The van der Waals surface area contributed by atoms with Crippen LogP contribution in [-0.2, 0) is 0 Å². The van der Waals surface area contributed by atoms with Crippen LogP contribution in [0.1, 0.15) is 25.5 Å². The molecule has 0 saturated carbocycles. The van der Waals surface area contributed by atoms with Crippen LogP contribution >= 0.6 is 0 Å². The molecule has 110 valence electrons. The Morgan fingerprint density at radius 1 is 1.29 bits per heavy atom. The number of hydrogen-bond donors (Lipinski definition) is 1. The zero-order chi connectivity index (χ0) is 14.7. The van der Waals surface area contributed by atoms with Gasteiger partial charge in [-0.1, -0.05) is 25.1 Å². The summed E-state index contributed by atoms with van der Waals surface area (Å²) >= 11 is 0. The second-order valence-corrected chi connectivity index (χ2v) is 5.27. The summed E-state index contributed by atoms with van der Waals surface area (Å²) in [5.74, 6) is 2.02. The number of aromatic nitrogens is 1. The lowest BCUT2D eigenvalue weighted by Gasteiger charge is -2.32. The zero-order valence-electron chi connectivity index (χ0n) is 12.4. The Hall–Kier alpha value is -2.23.